The van der Waals surface area contributed by atoms with Crippen molar-refractivity contribution in [2.75, 3.05) is 20.6 Å². The van der Waals surface area contributed by atoms with Crippen LogP contribution in [0.1, 0.15) is 6.92 Å². The molecule has 18 heavy (non-hydrogen) atoms. The molecular formula is C10H13BrClN4O2+. The van der Waals surface area contributed by atoms with E-state index < -0.39 is 6.04 Å². The molecule has 2 rings (SSSR count). The van der Waals surface area contributed by atoms with E-state index in [4.69, 9.17) is 11.6 Å². The van der Waals surface area contributed by atoms with Gasteiger partial charge in [-0.15, -0.1) is 11.6 Å². The summed E-state index contributed by atoms with van der Waals surface area (Å²) in [5.41, 5.74) is 0. The first-order valence-electron chi connectivity index (χ1n) is 5.41. The summed E-state index contributed by atoms with van der Waals surface area (Å²) in [4.78, 5) is 30.7. The van der Waals surface area contributed by atoms with E-state index >= 15 is 0 Å². The fourth-order valence-corrected chi connectivity index (χ4v) is 2.70. The van der Waals surface area contributed by atoms with E-state index in [2.05, 4.69) is 20.9 Å². The molecule has 6 nitrogen and oxygen atoms in total. The number of hydrogen-bond acceptors (Lipinski definition) is 3. The Balaban J connectivity index is 2.40. The molecular weight excluding hydrogens is 323 g/mol. The molecule has 0 spiro atoms. The van der Waals surface area contributed by atoms with E-state index in [1.54, 1.807) is 11.6 Å². The highest BCUT2D eigenvalue weighted by Crippen LogP contribution is 2.21. The van der Waals surface area contributed by atoms with Crippen molar-refractivity contribution in [1.82, 2.24) is 9.80 Å². The highest BCUT2D eigenvalue weighted by atomic mass is 79.9. The fraction of sp³-hybridized carbons (Fsp3) is 0.600. The van der Waals surface area contributed by atoms with Crippen LogP contribution in [0.3, 0.4) is 0 Å². The highest BCUT2D eigenvalue weighted by Gasteiger charge is 2.52. The standard InChI is InChI=1S/C10H13BrClN4O2/c1-5(12)4-16-6-7(13-9(16)11)14(2)10(18)15(3)8(6)17/h5-6H,4H2,1-3H3/q+1. The zero-order chi connectivity index (χ0) is 13.6. The third-order valence-corrected chi connectivity index (χ3v) is 3.70. The van der Waals surface area contributed by atoms with Crippen molar-refractivity contribution in [3.8, 4) is 0 Å². The molecule has 0 saturated carbocycles. The minimum absolute atomic E-state index is 0.131. The van der Waals surface area contributed by atoms with Gasteiger partial charge in [-0.3, -0.25) is 14.6 Å². The van der Waals surface area contributed by atoms with E-state index in [1.807, 2.05) is 6.92 Å². The fourth-order valence-electron chi connectivity index (χ4n) is 2.02. The van der Waals surface area contributed by atoms with E-state index in [0.29, 0.717) is 17.1 Å². The molecule has 3 amide bonds. The Kier molecular flexibility index (Phi) is 3.46. The van der Waals surface area contributed by atoms with Gasteiger partial charge in [0.15, 0.2) is 0 Å². The summed E-state index contributed by atoms with van der Waals surface area (Å²) in [5, 5.41) is -0.131. The number of urea groups is 1. The summed E-state index contributed by atoms with van der Waals surface area (Å²) < 4.78 is 2.28. The summed E-state index contributed by atoms with van der Waals surface area (Å²) in [6.45, 7) is 2.31. The van der Waals surface area contributed by atoms with Crippen molar-refractivity contribution in [2.24, 2.45) is 4.99 Å². The number of likely N-dealkylation sites (N-methyl/N-ethyl adjacent to an activating group) is 2. The van der Waals surface area contributed by atoms with Crippen molar-refractivity contribution in [3.05, 3.63) is 0 Å². The number of amidine groups is 2. The molecule has 1 fully saturated rings. The Bertz CT molecular complexity index is 488. The normalized spacial score (nSPS) is 25.6. The minimum Gasteiger partial charge on any atom is -0.269 e. The third-order valence-electron chi connectivity index (χ3n) is 2.93. The SMILES string of the molecule is CC(Cl)C[N+]1=C(Br)N=C2C1C(=O)N(C)C(=O)N2C. The molecule has 2 atom stereocenters. The molecule has 8 heteroatoms. The quantitative estimate of drug-likeness (QED) is 0.423. The summed E-state index contributed by atoms with van der Waals surface area (Å²) in [7, 11) is 3.07. The lowest BCUT2D eigenvalue weighted by atomic mass is 10.1. The molecule has 0 aromatic heterocycles. The zero-order valence-corrected chi connectivity index (χ0v) is 12.6. The van der Waals surface area contributed by atoms with Gasteiger partial charge < -0.3 is 0 Å². The number of rotatable bonds is 2. The van der Waals surface area contributed by atoms with Gasteiger partial charge >= 0.3 is 10.8 Å². The average molecular weight is 337 g/mol. The van der Waals surface area contributed by atoms with Crippen molar-refractivity contribution < 1.29 is 14.2 Å². The lowest BCUT2D eigenvalue weighted by molar-refractivity contribution is -0.531. The first-order chi connectivity index (χ1) is 8.34. The summed E-state index contributed by atoms with van der Waals surface area (Å²) >= 11 is 9.28. The molecule has 2 aliphatic heterocycles. The van der Waals surface area contributed by atoms with Gasteiger partial charge in [-0.2, -0.15) is 0 Å². The zero-order valence-electron chi connectivity index (χ0n) is 10.2. The molecule has 2 unspecified atom stereocenters. The number of carbonyl (C=O) groups excluding carboxylic acids is 2. The van der Waals surface area contributed by atoms with E-state index in [1.165, 1.54) is 11.9 Å². The summed E-state index contributed by atoms with van der Waals surface area (Å²) in [6.07, 6.45) is 0. The van der Waals surface area contributed by atoms with Crippen molar-refractivity contribution >= 4 is 50.0 Å². The molecule has 0 aliphatic carbocycles. The van der Waals surface area contributed by atoms with Crippen LogP contribution in [0.5, 0.6) is 0 Å². The van der Waals surface area contributed by atoms with Gasteiger partial charge in [0.2, 0.25) is 0 Å². The smallest absolute Gasteiger partial charge is 0.269 e. The molecule has 0 aromatic carbocycles. The second-order valence-electron chi connectivity index (χ2n) is 4.31. The van der Waals surface area contributed by atoms with Gasteiger partial charge in [-0.25, -0.2) is 9.37 Å². The Morgan fingerprint density at radius 3 is 2.61 bits per heavy atom. The third kappa shape index (κ3) is 1.95. The first kappa shape index (κ1) is 13.5. The van der Waals surface area contributed by atoms with Gasteiger partial charge in [0.05, 0.1) is 21.3 Å². The van der Waals surface area contributed by atoms with Crippen LogP contribution in [0.15, 0.2) is 4.99 Å². The van der Waals surface area contributed by atoms with Crippen LogP contribution in [-0.2, 0) is 4.79 Å². The Morgan fingerprint density at radius 2 is 2.06 bits per heavy atom. The van der Waals surface area contributed by atoms with Crippen LogP contribution < -0.4 is 0 Å². The maximum Gasteiger partial charge on any atom is 0.364 e. The molecule has 0 bridgehead atoms. The van der Waals surface area contributed by atoms with Crippen LogP contribution >= 0.6 is 27.5 Å². The molecule has 1 saturated heterocycles. The predicted octanol–water partition coefficient (Wildman–Crippen LogP) is 0.682. The molecule has 98 valence electrons. The van der Waals surface area contributed by atoms with E-state index in [9.17, 15) is 9.59 Å². The number of halogens is 2. The van der Waals surface area contributed by atoms with E-state index in [-0.39, 0.29) is 17.3 Å². The second-order valence-corrected chi connectivity index (χ2v) is 5.77. The van der Waals surface area contributed by atoms with Crippen LogP contribution in [0.25, 0.3) is 0 Å². The highest BCUT2D eigenvalue weighted by molar-refractivity contribution is 9.18. The van der Waals surface area contributed by atoms with E-state index in [0.717, 1.165) is 4.90 Å². The molecule has 0 radical (unpaired) electrons. The number of fused-ring (bicyclic) bond motifs is 1. The number of nitrogens with zero attached hydrogens (tertiary/aromatic N) is 4. The maximum atomic E-state index is 12.2. The number of carbonyl (C=O) groups is 2. The number of aliphatic imine (C=N–C) groups is 1. The van der Waals surface area contributed by atoms with Crippen LogP contribution in [0.2, 0.25) is 0 Å². The Labute approximate surface area is 118 Å². The van der Waals surface area contributed by atoms with Crippen LogP contribution in [0.4, 0.5) is 4.79 Å². The number of imide groups is 1. The topological polar surface area (TPSA) is 56.0 Å². The number of amides is 3. The lowest BCUT2D eigenvalue weighted by Gasteiger charge is -2.30. The minimum atomic E-state index is -0.576. The van der Waals surface area contributed by atoms with Gasteiger partial charge in [0, 0.05) is 14.1 Å². The van der Waals surface area contributed by atoms with Crippen molar-refractivity contribution in [2.45, 2.75) is 18.3 Å². The predicted molar refractivity (Wildman–Crippen MR) is 71.5 cm³/mol. The summed E-state index contributed by atoms with van der Waals surface area (Å²) in [5.74, 6) is 0.149. The molecule has 2 heterocycles. The monoisotopic (exact) mass is 335 g/mol. The van der Waals surface area contributed by atoms with Gasteiger partial charge in [0.1, 0.15) is 6.54 Å². The molecule has 0 aromatic rings. The summed E-state index contributed by atoms with van der Waals surface area (Å²) in [6, 6.07) is -0.954. The lowest BCUT2D eigenvalue weighted by Crippen LogP contribution is -2.61. The van der Waals surface area contributed by atoms with Gasteiger partial charge in [0.25, 0.3) is 17.8 Å². The Hall–Kier alpha value is -0.950. The molecule has 2 aliphatic rings. The average Bonchev–Trinajstić information content (AvgIpc) is 2.61. The van der Waals surface area contributed by atoms with Crippen molar-refractivity contribution in [3.63, 3.8) is 0 Å². The molecule has 0 N–H and O–H groups in total. The van der Waals surface area contributed by atoms with Gasteiger partial charge in [-0.1, -0.05) is 0 Å². The number of hydrogen-bond donors (Lipinski definition) is 0. The van der Waals surface area contributed by atoms with Crippen molar-refractivity contribution in [1.29, 1.82) is 0 Å². The maximum absolute atomic E-state index is 12.2. The second kappa shape index (κ2) is 4.62. The first-order valence-corrected chi connectivity index (χ1v) is 6.64. The van der Waals surface area contributed by atoms with Crippen LogP contribution in [0, 0.1) is 0 Å². The largest absolute Gasteiger partial charge is 0.364 e. The number of alkyl halides is 1. The Morgan fingerprint density at radius 1 is 1.44 bits per heavy atom. The van der Waals surface area contributed by atoms with Crippen LogP contribution in [-0.4, -0.2) is 69.0 Å². The van der Waals surface area contributed by atoms with Gasteiger partial charge in [-0.05, 0) is 11.9 Å².